The summed E-state index contributed by atoms with van der Waals surface area (Å²) in [6.45, 7) is 1.55. The van der Waals surface area contributed by atoms with Crippen LogP contribution >= 0.6 is 0 Å². The summed E-state index contributed by atoms with van der Waals surface area (Å²) in [4.78, 5) is 12.4. The molecule has 0 spiro atoms. The number of sulfonamides is 1. The molecule has 156 valence electrons. The fraction of sp³-hybridized carbons (Fsp3) is 0.286. The lowest BCUT2D eigenvalue weighted by Gasteiger charge is -2.15. The molecule has 0 saturated carbocycles. The van der Waals surface area contributed by atoms with Crippen LogP contribution in [0.25, 0.3) is 11.5 Å². The molecule has 0 aliphatic carbocycles. The van der Waals surface area contributed by atoms with Crippen molar-refractivity contribution in [1.29, 1.82) is 0 Å². The number of hydrogen-bond acceptors (Lipinski definition) is 6. The van der Waals surface area contributed by atoms with Crippen molar-refractivity contribution in [1.82, 2.24) is 19.8 Å². The Bertz CT molecular complexity index is 1110. The van der Waals surface area contributed by atoms with Gasteiger partial charge in [0.15, 0.2) is 0 Å². The molecule has 1 aliphatic rings. The van der Waals surface area contributed by atoms with E-state index >= 15 is 0 Å². The largest absolute Gasteiger partial charge is 0.412 e. The number of nitrogens with one attached hydrogen (secondary N) is 1. The van der Waals surface area contributed by atoms with Crippen molar-refractivity contribution < 1.29 is 17.6 Å². The molecule has 1 amide bonds. The first kappa shape index (κ1) is 20.2. The van der Waals surface area contributed by atoms with Crippen molar-refractivity contribution in [3.05, 3.63) is 66.1 Å². The SMILES string of the molecule is O=C(NCCc1ccccc1)c1nnc(-c2ccc(S(=O)(=O)N3CCCC3)cc2)o1. The molecule has 3 aromatic rings. The van der Waals surface area contributed by atoms with E-state index in [4.69, 9.17) is 4.42 Å². The summed E-state index contributed by atoms with van der Waals surface area (Å²) in [6.07, 6.45) is 2.46. The highest BCUT2D eigenvalue weighted by molar-refractivity contribution is 7.89. The average Bonchev–Trinajstić information content (AvgIpc) is 3.47. The minimum absolute atomic E-state index is 0.133. The van der Waals surface area contributed by atoms with E-state index in [0.717, 1.165) is 18.4 Å². The Kier molecular flexibility index (Phi) is 5.91. The Labute approximate surface area is 175 Å². The second-order valence-corrected chi connectivity index (χ2v) is 8.98. The third-order valence-electron chi connectivity index (χ3n) is 4.97. The Hall–Kier alpha value is -3.04. The number of carbonyl (C=O) groups is 1. The number of amides is 1. The number of rotatable bonds is 7. The molecule has 9 heteroatoms. The van der Waals surface area contributed by atoms with E-state index in [1.165, 1.54) is 16.4 Å². The molecule has 0 unspecified atom stereocenters. The van der Waals surface area contributed by atoms with E-state index < -0.39 is 15.9 Å². The fourth-order valence-electron chi connectivity index (χ4n) is 3.32. The van der Waals surface area contributed by atoms with Gasteiger partial charge in [0.25, 0.3) is 0 Å². The van der Waals surface area contributed by atoms with Gasteiger partial charge in [-0.05, 0) is 49.1 Å². The van der Waals surface area contributed by atoms with Gasteiger partial charge in [-0.3, -0.25) is 4.79 Å². The summed E-state index contributed by atoms with van der Waals surface area (Å²) in [6, 6.07) is 16.1. The molecule has 8 nitrogen and oxygen atoms in total. The number of nitrogens with zero attached hydrogens (tertiary/aromatic N) is 3. The molecule has 1 aliphatic heterocycles. The van der Waals surface area contributed by atoms with Crippen LogP contribution in [0, 0.1) is 0 Å². The van der Waals surface area contributed by atoms with Gasteiger partial charge in [0.2, 0.25) is 15.9 Å². The molecular formula is C21H22N4O4S. The lowest BCUT2D eigenvalue weighted by Crippen LogP contribution is -2.27. The van der Waals surface area contributed by atoms with Crippen LogP contribution in [-0.4, -0.2) is 48.5 Å². The van der Waals surface area contributed by atoms with Crippen LogP contribution in [0.5, 0.6) is 0 Å². The predicted molar refractivity (Wildman–Crippen MR) is 110 cm³/mol. The van der Waals surface area contributed by atoms with Gasteiger partial charge in [-0.1, -0.05) is 30.3 Å². The topological polar surface area (TPSA) is 105 Å². The second-order valence-electron chi connectivity index (χ2n) is 7.04. The maximum Gasteiger partial charge on any atom is 0.308 e. The molecule has 2 heterocycles. The molecule has 1 aromatic heterocycles. The van der Waals surface area contributed by atoms with Crippen molar-refractivity contribution in [2.45, 2.75) is 24.2 Å². The highest BCUT2D eigenvalue weighted by Crippen LogP contribution is 2.24. The van der Waals surface area contributed by atoms with E-state index in [1.54, 1.807) is 12.1 Å². The number of carbonyl (C=O) groups excluding carboxylic acids is 1. The highest BCUT2D eigenvalue weighted by Gasteiger charge is 2.27. The minimum Gasteiger partial charge on any atom is -0.412 e. The Morgan fingerprint density at radius 1 is 1.00 bits per heavy atom. The van der Waals surface area contributed by atoms with E-state index in [9.17, 15) is 13.2 Å². The van der Waals surface area contributed by atoms with Crippen molar-refractivity contribution in [2.24, 2.45) is 0 Å². The van der Waals surface area contributed by atoms with Crippen LogP contribution < -0.4 is 5.32 Å². The average molecular weight is 426 g/mol. The predicted octanol–water partition coefficient (Wildman–Crippen LogP) is 2.49. The van der Waals surface area contributed by atoms with Crippen molar-refractivity contribution in [3.8, 4) is 11.5 Å². The molecule has 1 saturated heterocycles. The van der Waals surface area contributed by atoms with Gasteiger partial charge in [0.1, 0.15) is 0 Å². The van der Waals surface area contributed by atoms with Gasteiger partial charge in [-0.15, -0.1) is 10.2 Å². The Morgan fingerprint density at radius 2 is 1.70 bits per heavy atom. The maximum absolute atomic E-state index is 12.6. The molecule has 1 N–H and O–H groups in total. The molecular weight excluding hydrogens is 404 g/mol. The zero-order valence-electron chi connectivity index (χ0n) is 16.3. The van der Waals surface area contributed by atoms with Crippen molar-refractivity contribution in [3.63, 3.8) is 0 Å². The zero-order valence-corrected chi connectivity index (χ0v) is 17.1. The van der Waals surface area contributed by atoms with E-state index in [-0.39, 0.29) is 16.7 Å². The van der Waals surface area contributed by atoms with Gasteiger partial charge in [0.05, 0.1) is 4.90 Å². The van der Waals surface area contributed by atoms with Crippen LogP contribution in [-0.2, 0) is 16.4 Å². The first-order valence-electron chi connectivity index (χ1n) is 9.80. The lowest BCUT2D eigenvalue weighted by atomic mass is 10.1. The highest BCUT2D eigenvalue weighted by atomic mass is 32.2. The molecule has 30 heavy (non-hydrogen) atoms. The smallest absolute Gasteiger partial charge is 0.308 e. The van der Waals surface area contributed by atoms with Gasteiger partial charge >= 0.3 is 11.8 Å². The second kappa shape index (κ2) is 8.76. The summed E-state index contributed by atoms with van der Waals surface area (Å²) in [5.41, 5.74) is 1.67. The first-order chi connectivity index (χ1) is 14.5. The van der Waals surface area contributed by atoms with Crippen LogP contribution in [0.3, 0.4) is 0 Å². The van der Waals surface area contributed by atoms with Crippen molar-refractivity contribution in [2.75, 3.05) is 19.6 Å². The van der Waals surface area contributed by atoms with Gasteiger partial charge < -0.3 is 9.73 Å². The van der Waals surface area contributed by atoms with Crippen molar-refractivity contribution >= 4 is 15.9 Å². The molecule has 1 fully saturated rings. The van der Waals surface area contributed by atoms with E-state index in [0.29, 0.717) is 31.6 Å². The van der Waals surface area contributed by atoms with Crippen LogP contribution in [0.4, 0.5) is 0 Å². The molecule has 4 rings (SSSR count). The summed E-state index contributed by atoms with van der Waals surface area (Å²) in [5.74, 6) is -0.418. The summed E-state index contributed by atoms with van der Waals surface area (Å²) < 4.78 is 32.2. The number of hydrogen-bond donors (Lipinski definition) is 1. The molecule has 0 atom stereocenters. The van der Waals surface area contributed by atoms with Crippen LogP contribution in [0.15, 0.2) is 63.9 Å². The van der Waals surface area contributed by atoms with Gasteiger partial charge in [-0.2, -0.15) is 4.31 Å². The summed E-state index contributed by atoms with van der Waals surface area (Å²) in [5, 5.41) is 10.5. The first-order valence-corrected chi connectivity index (χ1v) is 11.2. The molecule has 0 bridgehead atoms. The normalized spacial score (nSPS) is 14.7. The Balaban J connectivity index is 1.39. The van der Waals surface area contributed by atoms with Gasteiger partial charge in [-0.25, -0.2) is 8.42 Å². The quantitative estimate of drug-likeness (QED) is 0.622. The Morgan fingerprint density at radius 3 is 2.40 bits per heavy atom. The summed E-state index contributed by atoms with van der Waals surface area (Å²) in [7, 11) is -3.48. The third-order valence-corrected chi connectivity index (χ3v) is 6.88. The third kappa shape index (κ3) is 4.42. The summed E-state index contributed by atoms with van der Waals surface area (Å²) >= 11 is 0. The van der Waals surface area contributed by atoms with Gasteiger partial charge in [0, 0.05) is 25.2 Å². The number of benzene rings is 2. The van der Waals surface area contributed by atoms with E-state index in [2.05, 4.69) is 15.5 Å². The zero-order chi connectivity index (χ0) is 21.0. The fourth-order valence-corrected chi connectivity index (χ4v) is 4.84. The standard InChI is InChI=1S/C21H22N4O4S/c26-19(22-13-12-16-6-2-1-3-7-16)21-24-23-20(29-21)17-8-10-18(11-9-17)30(27,28)25-14-4-5-15-25/h1-3,6-11H,4-5,12-15H2,(H,22,26). The number of aromatic nitrogens is 2. The maximum atomic E-state index is 12.6. The van der Waals surface area contributed by atoms with Crippen LogP contribution in [0.2, 0.25) is 0 Å². The van der Waals surface area contributed by atoms with E-state index in [1.807, 2.05) is 30.3 Å². The minimum atomic E-state index is -3.48. The lowest BCUT2D eigenvalue weighted by molar-refractivity contribution is 0.0920. The monoisotopic (exact) mass is 426 g/mol. The molecule has 0 radical (unpaired) electrons. The molecule has 2 aromatic carbocycles. The van der Waals surface area contributed by atoms with Crippen LogP contribution in [0.1, 0.15) is 29.1 Å².